The highest BCUT2D eigenvalue weighted by Crippen LogP contribution is 2.36. The zero-order chi connectivity index (χ0) is 25.7. The van der Waals surface area contributed by atoms with Crippen LogP contribution in [0, 0.1) is 0 Å². The van der Waals surface area contributed by atoms with E-state index in [2.05, 4.69) is 19.7 Å². The number of ether oxygens (including phenoxy) is 5. The second-order valence-electron chi connectivity index (χ2n) is 7.28. The summed E-state index contributed by atoms with van der Waals surface area (Å²) in [7, 11) is 6.20. The van der Waals surface area contributed by atoms with Gasteiger partial charge in [-0.1, -0.05) is 11.8 Å². The molecule has 0 fully saturated rings. The van der Waals surface area contributed by atoms with Crippen molar-refractivity contribution in [3.8, 4) is 28.7 Å². The van der Waals surface area contributed by atoms with E-state index in [-0.39, 0.29) is 12.3 Å². The third-order valence-electron chi connectivity index (χ3n) is 5.29. The maximum absolute atomic E-state index is 12.8. The van der Waals surface area contributed by atoms with Crippen molar-refractivity contribution in [3.63, 3.8) is 0 Å². The predicted molar refractivity (Wildman–Crippen MR) is 130 cm³/mol. The van der Waals surface area contributed by atoms with Crippen LogP contribution >= 0.6 is 11.8 Å². The van der Waals surface area contributed by atoms with Crippen molar-refractivity contribution in [2.75, 3.05) is 28.4 Å². The smallest absolute Gasteiger partial charge is 0.387 e. The number of hydrogen-bond acceptors (Lipinski definition) is 9. The summed E-state index contributed by atoms with van der Waals surface area (Å²) >= 11 is 1.40. The Bertz CT molecular complexity index is 1350. The number of nitrogens with zero attached hydrogens (tertiary/aromatic N) is 4. The number of rotatable bonds is 11. The molecule has 0 N–H and O–H groups in total. The monoisotopic (exact) mass is 518 g/mol. The summed E-state index contributed by atoms with van der Waals surface area (Å²) in [5.74, 6) is 2.56. The Morgan fingerprint density at radius 2 is 1.50 bits per heavy atom. The van der Waals surface area contributed by atoms with Crippen LogP contribution in [0.2, 0.25) is 0 Å². The fraction of sp³-hybridized carbons (Fsp3) is 0.292. The van der Waals surface area contributed by atoms with Crippen molar-refractivity contribution in [2.24, 2.45) is 0 Å². The van der Waals surface area contributed by atoms with Gasteiger partial charge in [-0.2, -0.15) is 8.78 Å². The molecule has 0 radical (unpaired) electrons. The molecule has 12 heteroatoms. The molecule has 0 unspecified atom stereocenters. The van der Waals surface area contributed by atoms with Crippen LogP contribution in [0.5, 0.6) is 28.7 Å². The van der Waals surface area contributed by atoms with Crippen molar-refractivity contribution in [1.82, 2.24) is 19.5 Å². The van der Waals surface area contributed by atoms with Crippen molar-refractivity contribution < 1.29 is 32.5 Å². The van der Waals surface area contributed by atoms with Crippen LogP contribution in [0.25, 0.3) is 11.0 Å². The fourth-order valence-electron chi connectivity index (χ4n) is 3.73. The standard InChI is InChI=1S/C24H24F2N4O5S/c1-31-19-7-9-27-16(21(19)33-3)12-30-18-6-5-14(35-23(25)26)11-15(18)29-24(30)36-13-17-22(34-4)20(32-2)8-10-28-17/h5-11,23H,12-13H2,1-4H3. The summed E-state index contributed by atoms with van der Waals surface area (Å²) < 4.78 is 53.8. The van der Waals surface area contributed by atoms with E-state index in [1.54, 1.807) is 59.0 Å². The molecule has 0 saturated heterocycles. The highest BCUT2D eigenvalue weighted by molar-refractivity contribution is 7.98. The molecule has 4 aromatic rings. The topological polar surface area (TPSA) is 89.8 Å². The van der Waals surface area contributed by atoms with E-state index in [4.69, 9.17) is 18.9 Å². The van der Waals surface area contributed by atoms with E-state index in [9.17, 15) is 8.78 Å². The van der Waals surface area contributed by atoms with Gasteiger partial charge in [0.05, 0.1) is 51.7 Å². The summed E-state index contributed by atoms with van der Waals surface area (Å²) in [5, 5.41) is 0.609. The van der Waals surface area contributed by atoms with Gasteiger partial charge >= 0.3 is 6.61 Å². The number of halogens is 2. The lowest BCUT2D eigenvalue weighted by Gasteiger charge is -2.14. The largest absolute Gasteiger partial charge is 0.493 e. The number of aromatic nitrogens is 4. The van der Waals surface area contributed by atoms with Crippen LogP contribution in [0.3, 0.4) is 0 Å². The average molecular weight is 519 g/mol. The quantitative estimate of drug-likeness (QED) is 0.260. The SMILES string of the molecule is COc1ccnc(CSc2nc3cc(OC(F)F)ccc3n2Cc2nccc(OC)c2OC)c1OC. The van der Waals surface area contributed by atoms with Crippen LogP contribution in [-0.4, -0.2) is 54.6 Å². The molecule has 0 aliphatic heterocycles. The highest BCUT2D eigenvalue weighted by atomic mass is 32.2. The Kier molecular flexibility index (Phi) is 7.93. The van der Waals surface area contributed by atoms with Gasteiger partial charge in [0, 0.05) is 36.3 Å². The molecule has 0 atom stereocenters. The second kappa shape index (κ2) is 11.3. The molecule has 0 amide bonds. The predicted octanol–water partition coefficient (Wildman–Crippen LogP) is 4.80. The van der Waals surface area contributed by atoms with E-state index in [1.165, 1.54) is 23.9 Å². The van der Waals surface area contributed by atoms with Crippen LogP contribution in [0.15, 0.2) is 47.9 Å². The Labute approximate surface area is 210 Å². The van der Waals surface area contributed by atoms with Crippen LogP contribution in [0.1, 0.15) is 11.4 Å². The normalized spacial score (nSPS) is 11.1. The van der Waals surface area contributed by atoms with E-state index in [0.717, 1.165) is 0 Å². The second-order valence-corrected chi connectivity index (χ2v) is 8.23. The number of imidazole rings is 1. The van der Waals surface area contributed by atoms with Crippen molar-refractivity contribution in [3.05, 3.63) is 54.1 Å². The number of thioether (sulfide) groups is 1. The molecule has 0 spiro atoms. The summed E-state index contributed by atoms with van der Waals surface area (Å²) in [6.45, 7) is -2.65. The van der Waals surface area contributed by atoms with Gasteiger partial charge in [-0.25, -0.2) is 4.98 Å². The van der Waals surface area contributed by atoms with Gasteiger partial charge in [0.25, 0.3) is 0 Å². The van der Waals surface area contributed by atoms with Gasteiger partial charge in [-0.3, -0.25) is 9.97 Å². The minimum Gasteiger partial charge on any atom is -0.493 e. The first kappa shape index (κ1) is 25.3. The lowest BCUT2D eigenvalue weighted by Crippen LogP contribution is -2.07. The Hall–Kier alpha value is -3.80. The Morgan fingerprint density at radius 1 is 0.861 bits per heavy atom. The lowest BCUT2D eigenvalue weighted by molar-refractivity contribution is -0.0497. The number of pyridine rings is 2. The first-order valence-electron chi connectivity index (χ1n) is 10.7. The molecular formula is C24H24F2N4O5S. The Balaban J connectivity index is 1.75. The molecule has 0 bridgehead atoms. The van der Waals surface area contributed by atoms with Crippen LogP contribution in [-0.2, 0) is 12.3 Å². The zero-order valence-corrected chi connectivity index (χ0v) is 20.8. The number of fused-ring (bicyclic) bond motifs is 1. The molecule has 0 aliphatic rings. The van der Waals surface area contributed by atoms with Gasteiger partial charge in [0.15, 0.2) is 28.2 Å². The molecule has 4 rings (SSSR count). The van der Waals surface area contributed by atoms with Gasteiger partial charge in [-0.15, -0.1) is 0 Å². The summed E-state index contributed by atoms with van der Waals surface area (Å²) in [6, 6.07) is 8.06. The van der Waals surface area contributed by atoms with Crippen molar-refractivity contribution in [1.29, 1.82) is 0 Å². The summed E-state index contributed by atoms with van der Waals surface area (Å²) in [6.07, 6.45) is 3.27. The zero-order valence-electron chi connectivity index (χ0n) is 20.0. The molecule has 0 aliphatic carbocycles. The minimum absolute atomic E-state index is 0.0203. The molecular weight excluding hydrogens is 494 g/mol. The number of methoxy groups -OCH3 is 4. The lowest BCUT2D eigenvalue weighted by atomic mass is 10.2. The maximum Gasteiger partial charge on any atom is 0.387 e. The molecule has 3 aromatic heterocycles. The highest BCUT2D eigenvalue weighted by Gasteiger charge is 2.19. The summed E-state index contributed by atoms with van der Waals surface area (Å²) in [5.41, 5.74) is 2.47. The van der Waals surface area contributed by atoms with E-state index >= 15 is 0 Å². The number of alkyl halides is 2. The first-order valence-corrected chi connectivity index (χ1v) is 11.7. The molecule has 3 heterocycles. The Morgan fingerprint density at radius 3 is 2.11 bits per heavy atom. The third kappa shape index (κ3) is 5.23. The molecule has 1 aromatic carbocycles. The molecule has 9 nitrogen and oxygen atoms in total. The molecule has 36 heavy (non-hydrogen) atoms. The number of benzene rings is 1. The van der Waals surface area contributed by atoms with Crippen molar-refractivity contribution >= 4 is 22.8 Å². The van der Waals surface area contributed by atoms with Gasteiger partial charge in [0.2, 0.25) is 0 Å². The van der Waals surface area contributed by atoms with Gasteiger partial charge in [0.1, 0.15) is 11.4 Å². The third-order valence-corrected chi connectivity index (χ3v) is 6.28. The molecule has 0 saturated carbocycles. The van der Waals surface area contributed by atoms with Crippen LogP contribution in [0.4, 0.5) is 8.78 Å². The summed E-state index contributed by atoms with van der Waals surface area (Å²) in [4.78, 5) is 13.6. The van der Waals surface area contributed by atoms with Gasteiger partial charge in [-0.05, 0) is 12.1 Å². The minimum atomic E-state index is -2.93. The van der Waals surface area contributed by atoms with Crippen LogP contribution < -0.4 is 23.7 Å². The van der Waals surface area contributed by atoms with E-state index in [0.29, 0.717) is 56.3 Å². The van der Waals surface area contributed by atoms with E-state index in [1.807, 2.05) is 4.57 Å². The fourth-order valence-corrected chi connectivity index (χ4v) is 4.68. The average Bonchev–Trinajstić information content (AvgIpc) is 3.22. The maximum atomic E-state index is 12.8. The number of hydrogen-bond donors (Lipinski definition) is 0. The van der Waals surface area contributed by atoms with Crippen molar-refractivity contribution in [2.45, 2.75) is 24.1 Å². The first-order chi connectivity index (χ1) is 17.5. The molecule has 190 valence electrons. The van der Waals surface area contributed by atoms with Gasteiger partial charge < -0.3 is 28.3 Å². The van der Waals surface area contributed by atoms with E-state index < -0.39 is 6.61 Å².